The minimum Gasteiger partial charge on any atom is -0.356 e. The molecule has 0 saturated carbocycles. The van der Waals surface area contributed by atoms with Gasteiger partial charge in [-0.15, -0.1) is 0 Å². The zero-order valence-electron chi connectivity index (χ0n) is 11.0. The van der Waals surface area contributed by atoms with Crippen molar-refractivity contribution in [2.24, 2.45) is 13.0 Å². The summed E-state index contributed by atoms with van der Waals surface area (Å²) < 4.78 is 1.82. The summed E-state index contributed by atoms with van der Waals surface area (Å²) in [4.78, 5) is 11.9. The first kappa shape index (κ1) is 13.4. The first-order valence-electron chi connectivity index (χ1n) is 6.61. The van der Waals surface area contributed by atoms with Gasteiger partial charge in [-0.2, -0.15) is 5.10 Å². The summed E-state index contributed by atoms with van der Waals surface area (Å²) in [6.07, 6.45) is 4.62. The van der Waals surface area contributed by atoms with E-state index in [2.05, 4.69) is 10.4 Å². The van der Waals surface area contributed by atoms with Crippen molar-refractivity contribution in [3.8, 4) is 0 Å². The average Bonchev–Trinajstić information content (AvgIpc) is 2.52. The van der Waals surface area contributed by atoms with Crippen LogP contribution < -0.4 is 5.32 Å². The van der Waals surface area contributed by atoms with E-state index in [1.54, 1.807) is 0 Å². The molecule has 1 aliphatic rings. The maximum atomic E-state index is 11.9. The van der Waals surface area contributed by atoms with E-state index < -0.39 is 0 Å². The van der Waals surface area contributed by atoms with Crippen LogP contribution in [0.2, 0.25) is 5.02 Å². The predicted molar refractivity (Wildman–Crippen MR) is 71.7 cm³/mol. The molecular weight excluding hydrogens is 250 g/mol. The topological polar surface area (TPSA) is 46.9 Å². The van der Waals surface area contributed by atoms with Crippen molar-refractivity contribution in [3.05, 3.63) is 16.4 Å². The van der Waals surface area contributed by atoms with E-state index >= 15 is 0 Å². The fourth-order valence-electron chi connectivity index (χ4n) is 2.47. The second-order valence-electron chi connectivity index (χ2n) is 4.87. The number of nitrogens with zero attached hydrogens (tertiary/aromatic N) is 2. The fourth-order valence-corrected chi connectivity index (χ4v) is 2.84. The van der Waals surface area contributed by atoms with Crippen molar-refractivity contribution in [1.82, 2.24) is 15.1 Å². The molecule has 4 nitrogen and oxygen atoms in total. The van der Waals surface area contributed by atoms with Crippen molar-refractivity contribution < 1.29 is 4.79 Å². The number of hydrogen-bond acceptors (Lipinski definition) is 2. The van der Waals surface area contributed by atoms with Crippen LogP contribution in [0.5, 0.6) is 0 Å². The molecule has 5 heteroatoms. The van der Waals surface area contributed by atoms with Crippen LogP contribution in [0, 0.1) is 5.92 Å². The predicted octanol–water partition coefficient (Wildman–Crippen LogP) is 2.09. The van der Waals surface area contributed by atoms with Crippen LogP contribution >= 0.6 is 11.6 Å². The Hall–Kier alpha value is -1.03. The number of carbonyl (C=O) groups is 1. The number of nitrogens with one attached hydrogen (secondary N) is 1. The summed E-state index contributed by atoms with van der Waals surface area (Å²) in [7, 11) is 1.90. The van der Waals surface area contributed by atoms with Crippen molar-refractivity contribution in [2.75, 3.05) is 6.54 Å². The highest BCUT2D eigenvalue weighted by Crippen LogP contribution is 2.26. The summed E-state index contributed by atoms with van der Waals surface area (Å²) in [5.41, 5.74) is 1.90. The lowest BCUT2D eigenvalue weighted by Crippen LogP contribution is -2.30. The Labute approximate surface area is 113 Å². The zero-order valence-corrected chi connectivity index (χ0v) is 11.8. The first-order chi connectivity index (χ1) is 8.63. The molecule has 1 aliphatic heterocycles. The third kappa shape index (κ3) is 2.69. The highest BCUT2D eigenvalue weighted by molar-refractivity contribution is 6.31. The molecule has 1 aromatic heterocycles. The molecule has 1 unspecified atom stereocenters. The Bertz CT molecular complexity index is 442. The Morgan fingerprint density at radius 3 is 2.94 bits per heavy atom. The van der Waals surface area contributed by atoms with Gasteiger partial charge in [0.2, 0.25) is 5.91 Å². The Balaban J connectivity index is 2.17. The van der Waals surface area contributed by atoms with Crippen LogP contribution in [0.25, 0.3) is 0 Å². The molecule has 0 radical (unpaired) electrons. The Morgan fingerprint density at radius 2 is 2.28 bits per heavy atom. The van der Waals surface area contributed by atoms with E-state index in [1.807, 2.05) is 18.7 Å². The number of aromatic nitrogens is 2. The molecule has 1 fully saturated rings. The van der Waals surface area contributed by atoms with Gasteiger partial charge < -0.3 is 5.32 Å². The third-order valence-electron chi connectivity index (χ3n) is 3.59. The van der Waals surface area contributed by atoms with Gasteiger partial charge in [0.15, 0.2) is 0 Å². The average molecular weight is 270 g/mol. The van der Waals surface area contributed by atoms with Gasteiger partial charge >= 0.3 is 0 Å². The zero-order chi connectivity index (χ0) is 13.1. The maximum Gasteiger partial charge on any atom is 0.223 e. The second kappa shape index (κ2) is 5.74. The van der Waals surface area contributed by atoms with Crippen molar-refractivity contribution >= 4 is 17.5 Å². The van der Waals surface area contributed by atoms with Gasteiger partial charge in [-0.3, -0.25) is 9.48 Å². The van der Waals surface area contributed by atoms with E-state index in [4.69, 9.17) is 11.6 Å². The molecule has 0 aromatic carbocycles. The SMILES string of the molecule is CCc1nn(C)c(CC2CCCCNC2=O)c1Cl. The molecule has 2 heterocycles. The number of hydrogen-bond donors (Lipinski definition) is 1. The highest BCUT2D eigenvalue weighted by Gasteiger charge is 2.24. The van der Waals surface area contributed by atoms with Crippen LogP contribution in [-0.2, 0) is 24.7 Å². The van der Waals surface area contributed by atoms with E-state index in [0.717, 1.165) is 48.6 Å². The molecule has 1 amide bonds. The minimum absolute atomic E-state index is 0.0325. The molecule has 1 atom stereocenters. The summed E-state index contributed by atoms with van der Waals surface area (Å²) in [5, 5.41) is 8.09. The van der Waals surface area contributed by atoms with Crippen LogP contribution in [-0.4, -0.2) is 22.2 Å². The summed E-state index contributed by atoms with van der Waals surface area (Å²) in [6, 6.07) is 0. The Kier molecular flexibility index (Phi) is 4.27. The van der Waals surface area contributed by atoms with Crippen molar-refractivity contribution in [2.45, 2.75) is 39.0 Å². The van der Waals surface area contributed by atoms with Crippen LogP contribution in [0.1, 0.15) is 37.6 Å². The number of aryl methyl sites for hydroxylation is 2. The van der Waals surface area contributed by atoms with Gasteiger partial charge in [0.25, 0.3) is 0 Å². The summed E-state index contributed by atoms with van der Waals surface area (Å²) >= 11 is 6.32. The standard InChI is InChI=1S/C13H20ClN3O/c1-3-10-12(14)11(17(2)16-10)8-9-6-4-5-7-15-13(9)18/h9H,3-8H2,1-2H3,(H,15,18). The monoisotopic (exact) mass is 269 g/mol. The fraction of sp³-hybridized carbons (Fsp3) is 0.692. The van der Waals surface area contributed by atoms with Gasteiger partial charge in [-0.05, 0) is 19.3 Å². The van der Waals surface area contributed by atoms with Crippen molar-refractivity contribution in [3.63, 3.8) is 0 Å². The van der Waals surface area contributed by atoms with Crippen LogP contribution in [0.4, 0.5) is 0 Å². The smallest absolute Gasteiger partial charge is 0.223 e. The normalized spacial score (nSPS) is 20.6. The van der Waals surface area contributed by atoms with Crippen LogP contribution in [0.15, 0.2) is 0 Å². The molecule has 2 rings (SSSR count). The molecule has 0 spiro atoms. The molecule has 100 valence electrons. The van der Waals surface area contributed by atoms with Gasteiger partial charge in [0.1, 0.15) is 0 Å². The summed E-state index contributed by atoms with van der Waals surface area (Å²) in [5.74, 6) is 0.188. The van der Waals surface area contributed by atoms with Gasteiger partial charge in [0.05, 0.1) is 16.4 Å². The lowest BCUT2D eigenvalue weighted by atomic mass is 9.97. The molecule has 1 saturated heterocycles. The number of amides is 1. The maximum absolute atomic E-state index is 11.9. The number of halogens is 1. The number of carbonyl (C=O) groups excluding carboxylic acids is 1. The largest absolute Gasteiger partial charge is 0.356 e. The molecule has 1 aromatic rings. The molecule has 1 N–H and O–H groups in total. The van der Waals surface area contributed by atoms with Gasteiger partial charge in [-0.25, -0.2) is 0 Å². The molecular formula is C13H20ClN3O. The van der Waals surface area contributed by atoms with E-state index in [1.165, 1.54) is 0 Å². The number of rotatable bonds is 3. The second-order valence-corrected chi connectivity index (χ2v) is 5.25. The Morgan fingerprint density at radius 1 is 1.50 bits per heavy atom. The van der Waals surface area contributed by atoms with Gasteiger partial charge in [0, 0.05) is 25.9 Å². The van der Waals surface area contributed by atoms with Crippen LogP contribution in [0.3, 0.4) is 0 Å². The quantitative estimate of drug-likeness (QED) is 0.913. The lowest BCUT2D eigenvalue weighted by Gasteiger charge is -2.13. The highest BCUT2D eigenvalue weighted by atomic mass is 35.5. The molecule has 18 heavy (non-hydrogen) atoms. The summed E-state index contributed by atoms with van der Waals surface area (Å²) in [6.45, 7) is 2.84. The first-order valence-corrected chi connectivity index (χ1v) is 6.99. The lowest BCUT2D eigenvalue weighted by molar-refractivity contribution is -0.124. The van der Waals surface area contributed by atoms with E-state index in [0.29, 0.717) is 6.42 Å². The molecule has 0 aliphatic carbocycles. The van der Waals surface area contributed by atoms with E-state index in [-0.39, 0.29) is 11.8 Å². The minimum atomic E-state index is 0.0325. The van der Waals surface area contributed by atoms with E-state index in [9.17, 15) is 4.79 Å². The van der Waals surface area contributed by atoms with Gasteiger partial charge in [-0.1, -0.05) is 24.9 Å². The van der Waals surface area contributed by atoms with Crippen molar-refractivity contribution in [1.29, 1.82) is 0 Å². The third-order valence-corrected chi connectivity index (χ3v) is 4.03. The molecule has 0 bridgehead atoms.